The number of thiophene rings is 1. The average Bonchev–Trinajstić information content (AvgIpc) is 3.32. The summed E-state index contributed by atoms with van der Waals surface area (Å²) in [6, 6.07) is 10.5. The molecule has 35 heavy (non-hydrogen) atoms. The van der Waals surface area contributed by atoms with Crippen LogP contribution in [0.2, 0.25) is 0 Å². The minimum atomic E-state index is -0.912. The summed E-state index contributed by atoms with van der Waals surface area (Å²) in [6.45, 7) is 2.43. The quantitative estimate of drug-likeness (QED) is 0.322. The smallest absolute Gasteiger partial charge is 0.305 e. The van der Waals surface area contributed by atoms with E-state index in [-0.39, 0.29) is 18.9 Å². The van der Waals surface area contributed by atoms with Crippen LogP contribution in [0, 0.1) is 5.92 Å². The number of rotatable bonds is 10. The molecule has 0 spiro atoms. The van der Waals surface area contributed by atoms with Crippen molar-refractivity contribution in [2.45, 2.75) is 95.9 Å². The Morgan fingerprint density at radius 2 is 1.66 bits per heavy atom. The lowest BCUT2D eigenvalue weighted by Gasteiger charge is -2.32. The summed E-state index contributed by atoms with van der Waals surface area (Å²) in [4.78, 5) is 26.2. The van der Waals surface area contributed by atoms with Crippen molar-refractivity contribution in [1.82, 2.24) is 5.32 Å². The van der Waals surface area contributed by atoms with Gasteiger partial charge in [-0.15, -0.1) is 11.3 Å². The molecular formula is C29H40N2O3S. The monoisotopic (exact) mass is 496 g/mol. The summed E-state index contributed by atoms with van der Waals surface area (Å²) >= 11 is 2.05. The maximum absolute atomic E-state index is 12.3. The van der Waals surface area contributed by atoms with Gasteiger partial charge in [-0.05, 0) is 79.8 Å². The Morgan fingerprint density at radius 1 is 1.00 bits per heavy atom. The van der Waals surface area contributed by atoms with Crippen molar-refractivity contribution >= 4 is 28.9 Å². The first kappa shape index (κ1) is 25.7. The molecule has 0 saturated heterocycles. The molecule has 190 valence electrons. The molecule has 1 atom stereocenters. The average molecular weight is 497 g/mol. The lowest BCUT2D eigenvalue weighted by molar-refractivity contribution is -0.136. The number of carboxylic acid groups (broad SMARTS) is 1. The SMILES string of the molecule is CCc1sc(C2CCCCC2)cc1C(Nc1ccc(C(=O)NCCC(=O)O)cc1)C1CCCCC1. The molecule has 1 heterocycles. The van der Waals surface area contributed by atoms with Crippen LogP contribution in [-0.4, -0.2) is 23.5 Å². The van der Waals surface area contributed by atoms with Gasteiger partial charge in [-0.25, -0.2) is 0 Å². The van der Waals surface area contributed by atoms with Crippen LogP contribution >= 0.6 is 11.3 Å². The lowest BCUT2D eigenvalue weighted by atomic mass is 9.80. The molecule has 1 aromatic carbocycles. The molecule has 2 aliphatic rings. The van der Waals surface area contributed by atoms with E-state index in [1.807, 2.05) is 24.3 Å². The van der Waals surface area contributed by atoms with Gasteiger partial charge in [0.1, 0.15) is 0 Å². The molecule has 6 heteroatoms. The Morgan fingerprint density at radius 3 is 2.29 bits per heavy atom. The van der Waals surface area contributed by atoms with Crippen molar-refractivity contribution in [3.05, 3.63) is 51.2 Å². The Balaban J connectivity index is 1.52. The van der Waals surface area contributed by atoms with E-state index in [2.05, 4.69) is 35.0 Å². The van der Waals surface area contributed by atoms with E-state index in [0.29, 0.717) is 17.5 Å². The second-order valence-corrected chi connectivity index (χ2v) is 11.4. The predicted molar refractivity (Wildman–Crippen MR) is 143 cm³/mol. The second-order valence-electron chi connectivity index (χ2n) is 10.2. The Bertz CT molecular complexity index is 972. The predicted octanol–water partition coefficient (Wildman–Crippen LogP) is 7.30. The van der Waals surface area contributed by atoms with Gasteiger partial charge in [0.15, 0.2) is 0 Å². The highest BCUT2D eigenvalue weighted by Crippen LogP contribution is 2.44. The zero-order chi connectivity index (χ0) is 24.6. The fourth-order valence-corrected chi connectivity index (χ4v) is 7.11. The summed E-state index contributed by atoms with van der Waals surface area (Å²) in [5, 5.41) is 15.3. The summed E-state index contributed by atoms with van der Waals surface area (Å²) < 4.78 is 0. The lowest BCUT2D eigenvalue weighted by Crippen LogP contribution is -2.26. The number of carboxylic acids is 1. The van der Waals surface area contributed by atoms with Crippen molar-refractivity contribution < 1.29 is 14.7 Å². The molecule has 0 radical (unpaired) electrons. The molecule has 5 nitrogen and oxygen atoms in total. The highest BCUT2D eigenvalue weighted by Gasteiger charge is 2.29. The van der Waals surface area contributed by atoms with E-state index < -0.39 is 5.97 Å². The minimum absolute atomic E-state index is 0.0717. The fraction of sp³-hybridized carbons (Fsp3) is 0.586. The molecule has 2 saturated carbocycles. The number of carbonyl (C=O) groups excluding carboxylic acids is 1. The Hall–Kier alpha value is -2.34. The molecule has 2 aliphatic carbocycles. The van der Waals surface area contributed by atoms with Gasteiger partial charge in [-0.1, -0.05) is 45.4 Å². The van der Waals surface area contributed by atoms with Gasteiger partial charge in [0.25, 0.3) is 5.91 Å². The van der Waals surface area contributed by atoms with Crippen molar-refractivity contribution in [2.75, 3.05) is 11.9 Å². The van der Waals surface area contributed by atoms with E-state index in [1.54, 1.807) is 4.88 Å². The summed E-state index contributed by atoms with van der Waals surface area (Å²) in [6.07, 6.45) is 14.3. The van der Waals surface area contributed by atoms with Gasteiger partial charge in [-0.3, -0.25) is 9.59 Å². The number of aliphatic carboxylic acids is 1. The van der Waals surface area contributed by atoms with E-state index in [1.165, 1.54) is 74.6 Å². The van der Waals surface area contributed by atoms with Crippen LogP contribution in [0.1, 0.15) is 115 Å². The molecule has 1 aromatic heterocycles. The van der Waals surface area contributed by atoms with E-state index >= 15 is 0 Å². The van der Waals surface area contributed by atoms with Crippen LogP contribution in [0.25, 0.3) is 0 Å². The zero-order valence-electron chi connectivity index (χ0n) is 21.0. The Labute approximate surface area is 213 Å². The molecule has 2 fully saturated rings. The first-order valence-corrected chi connectivity index (χ1v) is 14.4. The van der Waals surface area contributed by atoms with Crippen molar-refractivity contribution in [2.24, 2.45) is 5.92 Å². The number of hydrogen-bond donors (Lipinski definition) is 3. The van der Waals surface area contributed by atoms with Crippen LogP contribution in [0.5, 0.6) is 0 Å². The first-order chi connectivity index (χ1) is 17.0. The number of benzene rings is 1. The number of nitrogens with one attached hydrogen (secondary N) is 2. The number of anilines is 1. The standard InChI is InChI=1S/C29H40N2O3S/c1-2-25-24(19-26(35-25)20-9-5-3-6-10-20)28(21-11-7-4-8-12-21)31-23-15-13-22(14-16-23)29(34)30-18-17-27(32)33/h13-16,19-21,28,31H,2-12,17-18H2,1H3,(H,30,34)(H,32,33). The zero-order valence-corrected chi connectivity index (χ0v) is 21.8. The van der Waals surface area contributed by atoms with Gasteiger partial charge in [-0.2, -0.15) is 0 Å². The van der Waals surface area contributed by atoms with E-state index in [0.717, 1.165) is 18.0 Å². The number of hydrogen-bond acceptors (Lipinski definition) is 4. The minimum Gasteiger partial charge on any atom is -0.481 e. The largest absolute Gasteiger partial charge is 0.481 e. The summed E-state index contributed by atoms with van der Waals surface area (Å²) in [5.74, 6) is 0.218. The molecule has 4 rings (SSSR count). The molecule has 0 aliphatic heterocycles. The van der Waals surface area contributed by atoms with Crippen LogP contribution in [-0.2, 0) is 11.2 Å². The van der Waals surface area contributed by atoms with Crippen molar-refractivity contribution in [3.8, 4) is 0 Å². The van der Waals surface area contributed by atoms with Crippen molar-refractivity contribution in [1.29, 1.82) is 0 Å². The first-order valence-electron chi connectivity index (χ1n) is 13.5. The van der Waals surface area contributed by atoms with E-state index in [4.69, 9.17) is 5.11 Å². The van der Waals surface area contributed by atoms with Crippen LogP contribution in [0.3, 0.4) is 0 Å². The molecule has 1 amide bonds. The number of amides is 1. The summed E-state index contributed by atoms with van der Waals surface area (Å²) in [5.41, 5.74) is 3.09. The van der Waals surface area contributed by atoms with Crippen LogP contribution in [0.4, 0.5) is 5.69 Å². The van der Waals surface area contributed by atoms with E-state index in [9.17, 15) is 9.59 Å². The topological polar surface area (TPSA) is 78.4 Å². The van der Waals surface area contributed by atoms with Crippen LogP contribution < -0.4 is 10.6 Å². The third kappa shape index (κ3) is 6.87. The molecular weight excluding hydrogens is 456 g/mol. The molecule has 1 unspecified atom stereocenters. The van der Waals surface area contributed by atoms with Crippen LogP contribution in [0.15, 0.2) is 30.3 Å². The maximum Gasteiger partial charge on any atom is 0.305 e. The van der Waals surface area contributed by atoms with Gasteiger partial charge >= 0.3 is 5.97 Å². The van der Waals surface area contributed by atoms with Gasteiger partial charge in [0.05, 0.1) is 12.5 Å². The molecule has 2 aromatic rings. The highest BCUT2D eigenvalue weighted by molar-refractivity contribution is 7.12. The number of carbonyl (C=O) groups is 2. The number of aryl methyl sites for hydroxylation is 1. The molecule has 3 N–H and O–H groups in total. The van der Waals surface area contributed by atoms with Gasteiger partial charge < -0.3 is 15.7 Å². The normalized spacial score (nSPS) is 18.2. The maximum atomic E-state index is 12.3. The third-order valence-corrected chi connectivity index (χ3v) is 9.20. The van der Waals surface area contributed by atoms with Crippen molar-refractivity contribution in [3.63, 3.8) is 0 Å². The fourth-order valence-electron chi connectivity index (χ4n) is 5.79. The second kappa shape index (κ2) is 12.6. The van der Waals surface area contributed by atoms with Gasteiger partial charge in [0.2, 0.25) is 0 Å². The molecule has 0 bridgehead atoms. The highest BCUT2D eigenvalue weighted by atomic mass is 32.1. The third-order valence-electron chi connectivity index (χ3n) is 7.74. The Kier molecular flexibility index (Phi) is 9.25. The summed E-state index contributed by atoms with van der Waals surface area (Å²) in [7, 11) is 0. The van der Waals surface area contributed by atoms with Gasteiger partial charge in [0, 0.05) is 27.5 Å².